The van der Waals surface area contributed by atoms with E-state index in [0.717, 1.165) is 57.2 Å². The molecule has 2 heterocycles. The molecule has 5 heteroatoms. The van der Waals surface area contributed by atoms with Gasteiger partial charge in [0.1, 0.15) is 0 Å². The number of carbonyl (C=O) groups is 2. The van der Waals surface area contributed by atoms with Crippen LogP contribution in [0.4, 0.5) is 0 Å². The summed E-state index contributed by atoms with van der Waals surface area (Å²) in [5.74, 6) is 0.0438. The molecule has 0 N–H and O–H groups in total. The molecule has 158 valence electrons. The lowest BCUT2D eigenvalue weighted by molar-refractivity contribution is -0.138. The summed E-state index contributed by atoms with van der Waals surface area (Å²) in [6, 6.07) is 7.82. The van der Waals surface area contributed by atoms with Crippen molar-refractivity contribution in [2.24, 2.45) is 0 Å². The van der Waals surface area contributed by atoms with E-state index in [-0.39, 0.29) is 17.7 Å². The molecule has 3 aliphatic rings. The third-order valence-corrected chi connectivity index (χ3v) is 7.23. The van der Waals surface area contributed by atoms with E-state index >= 15 is 0 Å². The maximum atomic E-state index is 14.0. The van der Waals surface area contributed by atoms with Crippen molar-refractivity contribution in [3.8, 4) is 0 Å². The van der Waals surface area contributed by atoms with Crippen molar-refractivity contribution in [3.63, 3.8) is 0 Å². The number of rotatable bonds is 4. The SMILES string of the molecule is COCCN1C(=O)c2ccccc2[C@@H](C(=O)N2CCCCCC2)C12CCCCC2. The van der Waals surface area contributed by atoms with Gasteiger partial charge in [0, 0.05) is 32.3 Å². The average Bonchev–Trinajstić information content (AvgIpc) is 3.04. The van der Waals surface area contributed by atoms with E-state index < -0.39 is 5.54 Å². The summed E-state index contributed by atoms with van der Waals surface area (Å²) in [6.07, 6.45) is 9.70. The topological polar surface area (TPSA) is 49.9 Å². The van der Waals surface area contributed by atoms with Gasteiger partial charge in [-0.2, -0.15) is 0 Å². The van der Waals surface area contributed by atoms with Gasteiger partial charge in [-0.15, -0.1) is 0 Å². The minimum absolute atomic E-state index is 0.0690. The van der Waals surface area contributed by atoms with Gasteiger partial charge in [0.25, 0.3) is 5.91 Å². The fraction of sp³-hybridized carbons (Fsp3) is 0.667. The third-order valence-electron chi connectivity index (χ3n) is 7.23. The molecule has 0 unspecified atom stereocenters. The van der Waals surface area contributed by atoms with Crippen molar-refractivity contribution in [1.82, 2.24) is 9.80 Å². The number of methoxy groups -OCH3 is 1. The third kappa shape index (κ3) is 3.70. The second kappa shape index (κ2) is 8.86. The van der Waals surface area contributed by atoms with Crippen LogP contribution in [-0.4, -0.2) is 60.5 Å². The molecular formula is C24H34N2O3. The monoisotopic (exact) mass is 398 g/mol. The van der Waals surface area contributed by atoms with Gasteiger partial charge in [0.05, 0.1) is 18.1 Å². The predicted molar refractivity (Wildman–Crippen MR) is 113 cm³/mol. The van der Waals surface area contributed by atoms with E-state index in [2.05, 4.69) is 4.90 Å². The van der Waals surface area contributed by atoms with E-state index in [1.165, 1.54) is 19.3 Å². The Labute approximate surface area is 174 Å². The number of carbonyl (C=O) groups excluding carboxylic acids is 2. The number of fused-ring (bicyclic) bond motifs is 1. The van der Waals surface area contributed by atoms with Gasteiger partial charge < -0.3 is 14.5 Å². The molecule has 1 spiro atoms. The highest BCUT2D eigenvalue weighted by Crippen LogP contribution is 2.49. The number of nitrogens with zero attached hydrogens (tertiary/aromatic N) is 2. The fourth-order valence-electron chi connectivity index (χ4n) is 5.80. The molecule has 1 atom stereocenters. The maximum Gasteiger partial charge on any atom is 0.254 e. The van der Waals surface area contributed by atoms with Gasteiger partial charge in [-0.3, -0.25) is 9.59 Å². The number of hydrogen-bond donors (Lipinski definition) is 0. The zero-order chi connectivity index (χ0) is 20.3. The molecule has 2 aliphatic heterocycles. The van der Waals surface area contributed by atoms with Crippen LogP contribution in [0.25, 0.3) is 0 Å². The highest BCUT2D eigenvalue weighted by Gasteiger charge is 2.55. The van der Waals surface area contributed by atoms with E-state index in [1.54, 1.807) is 7.11 Å². The normalized spacial score (nSPS) is 24.3. The summed E-state index contributed by atoms with van der Waals surface area (Å²) in [5.41, 5.74) is 1.24. The number of ether oxygens (including phenoxy) is 1. The largest absolute Gasteiger partial charge is 0.383 e. The van der Waals surface area contributed by atoms with Crippen LogP contribution in [0.1, 0.15) is 79.6 Å². The molecule has 2 amide bonds. The molecule has 0 aromatic heterocycles. The van der Waals surface area contributed by atoms with Gasteiger partial charge >= 0.3 is 0 Å². The second-order valence-corrected chi connectivity index (χ2v) is 8.87. The van der Waals surface area contributed by atoms with Crippen LogP contribution < -0.4 is 0 Å². The second-order valence-electron chi connectivity index (χ2n) is 8.87. The minimum Gasteiger partial charge on any atom is -0.383 e. The Morgan fingerprint density at radius 1 is 1.03 bits per heavy atom. The Kier molecular flexibility index (Phi) is 6.23. The van der Waals surface area contributed by atoms with Crippen LogP contribution in [0.15, 0.2) is 24.3 Å². The van der Waals surface area contributed by atoms with Crippen molar-refractivity contribution < 1.29 is 14.3 Å². The zero-order valence-electron chi connectivity index (χ0n) is 17.7. The number of hydrogen-bond acceptors (Lipinski definition) is 3. The van der Waals surface area contributed by atoms with E-state index in [9.17, 15) is 9.59 Å². The smallest absolute Gasteiger partial charge is 0.254 e. The molecule has 5 nitrogen and oxygen atoms in total. The first-order valence-electron chi connectivity index (χ1n) is 11.4. The van der Waals surface area contributed by atoms with Crippen molar-refractivity contribution >= 4 is 11.8 Å². The molecule has 1 aliphatic carbocycles. The van der Waals surface area contributed by atoms with Gasteiger partial charge in [-0.25, -0.2) is 0 Å². The Morgan fingerprint density at radius 2 is 1.69 bits per heavy atom. The molecule has 0 bridgehead atoms. The summed E-state index contributed by atoms with van der Waals surface area (Å²) in [6.45, 7) is 2.74. The van der Waals surface area contributed by atoms with E-state index in [1.807, 2.05) is 29.2 Å². The number of benzene rings is 1. The van der Waals surface area contributed by atoms with Crippen molar-refractivity contribution in [2.45, 2.75) is 69.2 Å². The average molecular weight is 399 g/mol. The molecule has 1 aromatic rings. The summed E-state index contributed by atoms with van der Waals surface area (Å²) < 4.78 is 5.35. The Morgan fingerprint density at radius 3 is 2.38 bits per heavy atom. The standard InChI is InChI=1S/C24H34N2O3/c1-29-18-17-26-22(27)20-12-6-5-11-19(20)21(24(26)13-7-4-8-14-24)23(28)25-15-9-2-3-10-16-25/h5-6,11-12,21H,2-4,7-10,13-18H2,1H3/t21-/m0/s1. The highest BCUT2D eigenvalue weighted by molar-refractivity contribution is 6.02. The number of amides is 2. The molecule has 1 saturated heterocycles. The van der Waals surface area contributed by atoms with E-state index in [4.69, 9.17) is 4.74 Å². The first kappa shape index (κ1) is 20.4. The van der Waals surface area contributed by atoms with Gasteiger partial charge in [0.2, 0.25) is 5.91 Å². The lowest BCUT2D eigenvalue weighted by atomic mass is 9.65. The first-order chi connectivity index (χ1) is 14.2. The summed E-state index contributed by atoms with van der Waals surface area (Å²) >= 11 is 0. The summed E-state index contributed by atoms with van der Waals surface area (Å²) in [7, 11) is 1.68. The summed E-state index contributed by atoms with van der Waals surface area (Å²) in [4.78, 5) is 31.7. The van der Waals surface area contributed by atoms with Crippen LogP contribution >= 0.6 is 0 Å². The van der Waals surface area contributed by atoms with Gasteiger partial charge in [-0.05, 0) is 37.3 Å². The molecule has 0 radical (unpaired) electrons. The van der Waals surface area contributed by atoms with Crippen LogP contribution in [0.2, 0.25) is 0 Å². The molecule has 1 saturated carbocycles. The van der Waals surface area contributed by atoms with Crippen molar-refractivity contribution in [1.29, 1.82) is 0 Å². The Bertz CT molecular complexity index is 733. The van der Waals surface area contributed by atoms with Gasteiger partial charge in [0.15, 0.2) is 0 Å². The molecule has 4 rings (SSSR count). The van der Waals surface area contributed by atoms with Crippen LogP contribution in [0.3, 0.4) is 0 Å². The van der Waals surface area contributed by atoms with Gasteiger partial charge in [-0.1, -0.05) is 50.3 Å². The molecule has 29 heavy (non-hydrogen) atoms. The Balaban J connectivity index is 1.80. The quantitative estimate of drug-likeness (QED) is 0.771. The molecule has 2 fully saturated rings. The van der Waals surface area contributed by atoms with Crippen molar-refractivity contribution in [2.75, 3.05) is 33.4 Å². The van der Waals surface area contributed by atoms with Crippen LogP contribution in [-0.2, 0) is 9.53 Å². The minimum atomic E-state index is -0.411. The molecule has 1 aromatic carbocycles. The zero-order valence-corrected chi connectivity index (χ0v) is 17.7. The lowest BCUT2D eigenvalue weighted by Gasteiger charge is -2.54. The van der Waals surface area contributed by atoms with Crippen LogP contribution in [0.5, 0.6) is 0 Å². The highest BCUT2D eigenvalue weighted by atomic mass is 16.5. The molecular weight excluding hydrogens is 364 g/mol. The Hall–Kier alpha value is -1.88. The summed E-state index contributed by atoms with van der Waals surface area (Å²) in [5, 5.41) is 0. The maximum absolute atomic E-state index is 14.0. The van der Waals surface area contributed by atoms with Crippen LogP contribution in [0, 0.1) is 0 Å². The fourth-order valence-corrected chi connectivity index (χ4v) is 5.80. The predicted octanol–water partition coefficient (Wildman–Crippen LogP) is 3.98. The van der Waals surface area contributed by atoms with E-state index in [0.29, 0.717) is 18.7 Å². The lowest BCUT2D eigenvalue weighted by Crippen LogP contribution is -2.63. The van der Waals surface area contributed by atoms with Crippen molar-refractivity contribution in [3.05, 3.63) is 35.4 Å². The first-order valence-corrected chi connectivity index (χ1v) is 11.4. The number of likely N-dealkylation sites (tertiary alicyclic amines) is 1.